The van der Waals surface area contributed by atoms with Crippen molar-refractivity contribution in [2.24, 2.45) is 11.8 Å². The molecule has 0 aromatic heterocycles. The highest BCUT2D eigenvalue weighted by atomic mass is 79.9. The van der Waals surface area contributed by atoms with Gasteiger partial charge >= 0.3 is 0 Å². The van der Waals surface area contributed by atoms with Crippen LogP contribution in [0.4, 0.5) is 0 Å². The summed E-state index contributed by atoms with van der Waals surface area (Å²) in [4.78, 5) is 2.72. The van der Waals surface area contributed by atoms with E-state index >= 15 is 0 Å². The molecule has 2 fully saturated rings. The minimum atomic E-state index is 0.680. The fraction of sp³-hybridized carbons (Fsp3) is 0.667. The summed E-state index contributed by atoms with van der Waals surface area (Å²) in [5, 5.41) is 3.81. The number of halogens is 1. The van der Waals surface area contributed by atoms with Crippen LogP contribution in [0.3, 0.4) is 0 Å². The summed E-state index contributed by atoms with van der Waals surface area (Å²) in [5.41, 5.74) is 1.43. The molecular weight excluding hydrogens is 324 g/mol. The van der Waals surface area contributed by atoms with Crippen LogP contribution < -0.4 is 5.32 Å². The van der Waals surface area contributed by atoms with Crippen LogP contribution in [0, 0.1) is 11.8 Å². The molecule has 3 heteroatoms. The third-order valence-electron chi connectivity index (χ3n) is 4.77. The highest BCUT2D eigenvalue weighted by molar-refractivity contribution is 9.10. The Morgan fingerprint density at radius 2 is 2.14 bits per heavy atom. The molecule has 2 unspecified atom stereocenters. The molecule has 1 saturated heterocycles. The number of rotatable bonds is 5. The first-order chi connectivity index (χ1) is 10.1. The zero-order chi connectivity index (χ0) is 14.8. The second kappa shape index (κ2) is 6.80. The van der Waals surface area contributed by atoms with E-state index in [-0.39, 0.29) is 0 Å². The van der Waals surface area contributed by atoms with Crippen molar-refractivity contribution in [2.75, 3.05) is 13.1 Å². The predicted octanol–water partition coefficient (Wildman–Crippen LogP) is 4.05. The van der Waals surface area contributed by atoms with Crippen LogP contribution in [0.1, 0.15) is 38.7 Å². The van der Waals surface area contributed by atoms with Crippen molar-refractivity contribution in [3.8, 4) is 0 Å². The fourth-order valence-corrected chi connectivity index (χ4v) is 3.98. The lowest BCUT2D eigenvalue weighted by molar-refractivity contribution is 0.0999. The molecule has 0 bridgehead atoms. The van der Waals surface area contributed by atoms with Gasteiger partial charge in [-0.15, -0.1) is 0 Å². The quantitative estimate of drug-likeness (QED) is 0.861. The van der Waals surface area contributed by atoms with E-state index in [0.29, 0.717) is 6.04 Å². The average Bonchev–Trinajstić information content (AvgIpc) is 3.24. The van der Waals surface area contributed by atoms with Crippen molar-refractivity contribution in [2.45, 2.75) is 51.7 Å². The van der Waals surface area contributed by atoms with E-state index in [0.717, 1.165) is 31.0 Å². The molecule has 1 N–H and O–H groups in total. The van der Waals surface area contributed by atoms with E-state index in [1.54, 1.807) is 0 Å². The first kappa shape index (κ1) is 15.5. The highest BCUT2D eigenvalue weighted by Crippen LogP contribution is 2.35. The number of benzene rings is 1. The third kappa shape index (κ3) is 4.30. The van der Waals surface area contributed by atoms with Crippen LogP contribution in [0.25, 0.3) is 0 Å². The van der Waals surface area contributed by atoms with Crippen LogP contribution in [-0.4, -0.2) is 30.1 Å². The van der Waals surface area contributed by atoms with Gasteiger partial charge in [-0.25, -0.2) is 0 Å². The number of hydrogen-bond donors (Lipinski definition) is 1. The largest absolute Gasteiger partial charge is 0.311 e. The van der Waals surface area contributed by atoms with Crippen LogP contribution in [0.2, 0.25) is 0 Å². The molecular formula is C18H27BrN2. The van der Waals surface area contributed by atoms with Gasteiger partial charge in [-0.05, 0) is 48.8 Å². The molecule has 1 aliphatic carbocycles. The summed E-state index contributed by atoms with van der Waals surface area (Å²) in [7, 11) is 0. The van der Waals surface area contributed by atoms with Gasteiger partial charge in [0.1, 0.15) is 0 Å². The van der Waals surface area contributed by atoms with Crippen molar-refractivity contribution < 1.29 is 0 Å². The summed E-state index contributed by atoms with van der Waals surface area (Å²) < 4.78 is 1.19. The molecule has 21 heavy (non-hydrogen) atoms. The van der Waals surface area contributed by atoms with E-state index in [1.165, 1.54) is 35.8 Å². The summed E-state index contributed by atoms with van der Waals surface area (Å²) in [6, 6.07) is 10.2. The van der Waals surface area contributed by atoms with E-state index in [9.17, 15) is 0 Å². The van der Waals surface area contributed by atoms with Gasteiger partial charge in [0, 0.05) is 36.2 Å². The van der Waals surface area contributed by atoms with Crippen LogP contribution in [0.5, 0.6) is 0 Å². The maximum absolute atomic E-state index is 3.81. The van der Waals surface area contributed by atoms with Crippen LogP contribution in [-0.2, 0) is 6.54 Å². The summed E-state index contributed by atoms with van der Waals surface area (Å²) in [5.74, 6) is 1.70. The molecule has 2 nitrogen and oxygen atoms in total. The molecule has 2 aliphatic rings. The van der Waals surface area contributed by atoms with Gasteiger partial charge in [0.15, 0.2) is 0 Å². The summed E-state index contributed by atoms with van der Waals surface area (Å²) in [6.07, 6.45) is 4.15. The first-order valence-electron chi connectivity index (χ1n) is 8.33. The highest BCUT2D eigenvalue weighted by Gasteiger charge is 2.37. The van der Waals surface area contributed by atoms with Gasteiger partial charge in [0.25, 0.3) is 0 Å². The Hall–Kier alpha value is -0.380. The molecule has 0 spiro atoms. The number of nitrogens with one attached hydrogen (secondary N) is 1. The standard InChI is InChI=1S/C18H27BrN2/c1-13(2)8-17-10-20-18(15-6-7-15)12-21(17)11-14-4-3-5-16(19)9-14/h3-5,9,13,15,17-18,20H,6-8,10-12H2,1-2H3. The Labute approximate surface area is 137 Å². The monoisotopic (exact) mass is 350 g/mol. The Bertz CT molecular complexity index is 470. The summed E-state index contributed by atoms with van der Waals surface area (Å²) >= 11 is 3.60. The Kier molecular flexibility index (Phi) is 5.03. The van der Waals surface area contributed by atoms with Crippen molar-refractivity contribution in [1.29, 1.82) is 0 Å². The lowest BCUT2D eigenvalue weighted by Gasteiger charge is -2.41. The SMILES string of the molecule is CC(C)CC1CNC(C2CC2)CN1Cc1cccc(Br)c1. The van der Waals surface area contributed by atoms with Gasteiger partial charge in [-0.3, -0.25) is 4.90 Å². The van der Waals surface area contributed by atoms with Gasteiger partial charge < -0.3 is 5.32 Å². The van der Waals surface area contributed by atoms with Gasteiger partial charge in [-0.2, -0.15) is 0 Å². The molecule has 3 rings (SSSR count). The minimum Gasteiger partial charge on any atom is -0.311 e. The summed E-state index contributed by atoms with van der Waals surface area (Å²) in [6.45, 7) is 8.14. The Balaban J connectivity index is 1.69. The normalized spacial score (nSPS) is 27.2. The van der Waals surface area contributed by atoms with Gasteiger partial charge in [0.05, 0.1) is 0 Å². The van der Waals surface area contributed by atoms with E-state index in [2.05, 4.69) is 64.3 Å². The molecule has 0 amide bonds. The van der Waals surface area contributed by atoms with E-state index < -0.39 is 0 Å². The molecule has 1 aromatic rings. The Morgan fingerprint density at radius 1 is 1.33 bits per heavy atom. The van der Waals surface area contributed by atoms with E-state index in [1.807, 2.05) is 0 Å². The number of nitrogens with zero attached hydrogens (tertiary/aromatic N) is 1. The molecule has 1 saturated carbocycles. The van der Waals surface area contributed by atoms with Crippen LogP contribution >= 0.6 is 15.9 Å². The van der Waals surface area contributed by atoms with Crippen molar-refractivity contribution in [1.82, 2.24) is 10.2 Å². The van der Waals surface area contributed by atoms with Gasteiger partial charge in [-0.1, -0.05) is 41.9 Å². The first-order valence-corrected chi connectivity index (χ1v) is 9.13. The van der Waals surface area contributed by atoms with Crippen molar-refractivity contribution in [3.05, 3.63) is 34.3 Å². The molecule has 0 radical (unpaired) electrons. The number of hydrogen-bond acceptors (Lipinski definition) is 2. The predicted molar refractivity (Wildman–Crippen MR) is 92.3 cm³/mol. The molecule has 1 heterocycles. The fourth-order valence-electron chi connectivity index (χ4n) is 3.54. The van der Waals surface area contributed by atoms with Crippen LogP contribution in [0.15, 0.2) is 28.7 Å². The topological polar surface area (TPSA) is 15.3 Å². The van der Waals surface area contributed by atoms with Crippen molar-refractivity contribution >= 4 is 15.9 Å². The second-order valence-corrected chi connectivity index (χ2v) is 8.11. The van der Waals surface area contributed by atoms with Gasteiger partial charge in [0.2, 0.25) is 0 Å². The maximum Gasteiger partial charge on any atom is 0.0238 e. The zero-order valence-corrected chi connectivity index (χ0v) is 14.8. The average molecular weight is 351 g/mol. The maximum atomic E-state index is 3.81. The molecule has 1 aromatic carbocycles. The molecule has 2 atom stereocenters. The second-order valence-electron chi connectivity index (χ2n) is 7.19. The third-order valence-corrected chi connectivity index (χ3v) is 5.27. The zero-order valence-electron chi connectivity index (χ0n) is 13.2. The van der Waals surface area contributed by atoms with Crippen molar-refractivity contribution in [3.63, 3.8) is 0 Å². The number of piperazine rings is 1. The van der Waals surface area contributed by atoms with E-state index in [4.69, 9.17) is 0 Å². The Morgan fingerprint density at radius 3 is 2.81 bits per heavy atom. The molecule has 116 valence electrons. The lowest BCUT2D eigenvalue weighted by Crippen LogP contribution is -2.57. The lowest BCUT2D eigenvalue weighted by atomic mass is 9.97. The smallest absolute Gasteiger partial charge is 0.0238 e. The minimum absolute atomic E-state index is 0.680. The molecule has 1 aliphatic heterocycles.